The van der Waals surface area contributed by atoms with Crippen molar-refractivity contribution < 1.29 is 28.6 Å². The topological polar surface area (TPSA) is 70.5 Å². The zero-order valence-electron chi connectivity index (χ0n) is 22.9. The highest BCUT2D eigenvalue weighted by atomic mass is 32.1. The maximum atomic E-state index is 11.6. The Morgan fingerprint density at radius 1 is 1.21 bits per heavy atom. The zero-order chi connectivity index (χ0) is 26.6. The van der Waals surface area contributed by atoms with Crippen molar-refractivity contribution in [3.8, 4) is 10.7 Å². The molecule has 6 nitrogen and oxygen atoms in total. The van der Waals surface area contributed by atoms with E-state index in [4.69, 9.17) is 19.1 Å². The number of thiazole rings is 2. The molecule has 0 aromatic carbocycles. The van der Waals surface area contributed by atoms with Crippen molar-refractivity contribution in [2.75, 3.05) is 21.3 Å². The summed E-state index contributed by atoms with van der Waals surface area (Å²) in [4.78, 5) is 20.2. The molecule has 2 atom stereocenters. The van der Waals surface area contributed by atoms with Crippen LogP contribution in [0, 0.1) is 5.92 Å². The van der Waals surface area contributed by atoms with E-state index >= 15 is 0 Å². The van der Waals surface area contributed by atoms with Gasteiger partial charge in [-0.3, -0.25) is 0 Å². The summed E-state index contributed by atoms with van der Waals surface area (Å²) in [6.07, 6.45) is 4.25. The summed E-state index contributed by atoms with van der Waals surface area (Å²) >= 11 is 2.04. The molecule has 0 saturated carbocycles. The zero-order valence-corrected chi connectivity index (χ0v) is 17.5. The van der Waals surface area contributed by atoms with E-state index in [1.54, 1.807) is 17.5 Å². The molecule has 0 aliphatic carbocycles. The molecule has 2 aromatic heterocycles. The molecular formula is C20H26N2O4S2. The molecule has 28 heavy (non-hydrogen) atoms. The number of hydrogen-bond donors (Lipinski definition) is 0. The first-order valence-corrected chi connectivity index (χ1v) is 9.92. The van der Waals surface area contributed by atoms with Crippen LogP contribution in [0.5, 0.6) is 0 Å². The maximum absolute atomic E-state index is 11.6. The summed E-state index contributed by atoms with van der Waals surface area (Å²) in [6, 6.07) is 0. The molecule has 0 saturated heterocycles. The maximum Gasteiger partial charge on any atom is 0.333 e. The third-order valence-corrected chi connectivity index (χ3v) is 5.57. The molecule has 2 heterocycles. The van der Waals surface area contributed by atoms with Gasteiger partial charge in [0.2, 0.25) is 0 Å². The SMILES string of the molecule is [2H]C([2H])([2H])C([2H])(c1nc(-c2nc(/C=C/[C@H](OC)[C@@H](C)/C(=C\C(=O)OC)OC)cs2)cs1)C([2H])([2H])[2H]. The van der Waals surface area contributed by atoms with Gasteiger partial charge in [0.25, 0.3) is 0 Å². The predicted octanol–water partition coefficient (Wildman–Crippen LogP) is 4.76. The Labute approximate surface area is 183 Å². The summed E-state index contributed by atoms with van der Waals surface area (Å²) in [7, 11) is 4.23. The Bertz CT molecular complexity index is 1060. The molecule has 2 aromatic rings. The molecule has 0 radical (unpaired) electrons. The smallest absolute Gasteiger partial charge is 0.333 e. The molecule has 0 bridgehead atoms. The van der Waals surface area contributed by atoms with Gasteiger partial charge >= 0.3 is 5.97 Å². The monoisotopic (exact) mass is 429 g/mol. The molecule has 0 N–H and O–H groups in total. The molecule has 0 spiro atoms. The van der Waals surface area contributed by atoms with Crippen LogP contribution in [0.2, 0.25) is 0 Å². The Morgan fingerprint density at radius 3 is 2.64 bits per heavy atom. The first kappa shape index (κ1) is 14.0. The number of aromatic nitrogens is 2. The highest BCUT2D eigenvalue weighted by molar-refractivity contribution is 7.14. The number of carbonyl (C=O) groups is 1. The molecule has 0 amide bonds. The lowest BCUT2D eigenvalue weighted by Gasteiger charge is -2.21. The van der Waals surface area contributed by atoms with Crippen molar-refractivity contribution >= 4 is 34.7 Å². The van der Waals surface area contributed by atoms with Crippen LogP contribution < -0.4 is 0 Å². The van der Waals surface area contributed by atoms with E-state index < -0.39 is 31.7 Å². The van der Waals surface area contributed by atoms with E-state index in [-0.39, 0.29) is 10.9 Å². The molecule has 8 heteroatoms. The highest BCUT2D eigenvalue weighted by Crippen LogP contribution is 2.29. The third-order valence-electron chi connectivity index (χ3n) is 3.83. The van der Waals surface area contributed by atoms with Crippen LogP contribution in [-0.4, -0.2) is 43.4 Å². The normalized spacial score (nSPS) is 19.4. The number of hydrogen-bond acceptors (Lipinski definition) is 8. The number of esters is 1. The predicted molar refractivity (Wildman–Crippen MR) is 113 cm³/mol. The van der Waals surface area contributed by atoms with Gasteiger partial charge in [0, 0.05) is 39.3 Å². The van der Waals surface area contributed by atoms with Crippen LogP contribution in [0.1, 0.15) is 46.8 Å². The Balaban J connectivity index is 2.28. The molecule has 0 aliphatic heterocycles. The number of rotatable bonds is 9. The van der Waals surface area contributed by atoms with Gasteiger partial charge in [-0.05, 0) is 6.08 Å². The van der Waals surface area contributed by atoms with Gasteiger partial charge in [-0.2, -0.15) is 0 Å². The summed E-state index contributed by atoms with van der Waals surface area (Å²) in [5.74, 6) is -3.33. The fourth-order valence-electron chi connectivity index (χ4n) is 2.32. The van der Waals surface area contributed by atoms with Gasteiger partial charge in [0.05, 0.1) is 37.1 Å². The number of methoxy groups -OCH3 is 3. The fourth-order valence-corrected chi connectivity index (χ4v) is 3.80. The molecule has 0 aliphatic rings. The first-order valence-electron chi connectivity index (χ1n) is 11.7. The quantitative estimate of drug-likeness (QED) is 0.325. The lowest BCUT2D eigenvalue weighted by molar-refractivity contribution is -0.135. The Kier molecular flexibility index (Phi) is 5.26. The van der Waals surface area contributed by atoms with Crippen LogP contribution in [0.25, 0.3) is 16.8 Å². The molecule has 0 fully saturated rings. The van der Waals surface area contributed by atoms with Crippen molar-refractivity contribution in [2.45, 2.75) is 32.6 Å². The van der Waals surface area contributed by atoms with E-state index in [9.17, 15) is 4.79 Å². The fraction of sp³-hybridized carbons (Fsp3) is 0.450. The second-order valence-electron chi connectivity index (χ2n) is 5.61. The van der Waals surface area contributed by atoms with E-state index in [0.29, 0.717) is 22.2 Å². The van der Waals surface area contributed by atoms with Gasteiger partial charge in [-0.25, -0.2) is 14.8 Å². The van der Waals surface area contributed by atoms with Gasteiger partial charge in [0.15, 0.2) is 0 Å². The summed E-state index contributed by atoms with van der Waals surface area (Å²) in [5.41, 5.74) is 0.854. The van der Waals surface area contributed by atoms with Crippen LogP contribution in [0.3, 0.4) is 0 Å². The number of nitrogens with zero attached hydrogens (tertiary/aromatic N) is 2. The van der Waals surface area contributed by atoms with Gasteiger partial charge < -0.3 is 14.2 Å². The van der Waals surface area contributed by atoms with Crippen molar-refractivity contribution in [2.24, 2.45) is 5.92 Å². The van der Waals surface area contributed by atoms with Crippen molar-refractivity contribution in [1.82, 2.24) is 9.97 Å². The number of carbonyl (C=O) groups excluding carboxylic acids is 1. The summed E-state index contributed by atoms with van der Waals surface area (Å²) in [6.45, 7) is -4.37. The van der Waals surface area contributed by atoms with E-state index in [0.717, 1.165) is 11.3 Å². The van der Waals surface area contributed by atoms with Crippen molar-refractivity contribution in [3.05, 3.63) is 39.4 Å². The van der Waals surface area contributed by atoms with E-state index in [1.807, 2.05) is 6.92 Å². The van der Waals surface area contributed by atoms with Crippen molar-refractivity contribution in [3.63, 3.8) is 0 Å². The molecular weight excluding hydrogens is 396 g/mol. The van der Waals surface area contributed by atoms with Gasteiger partial charge in [0.1, 0.15) is 16.5 Å². The van der Waals surface area contributed by atoms with Crippen LogP contribution in [-0.2, 0) is 19.0 Å². The van der Waals surface area contributed by atoms with E-state index in [1.165, 1.54) is 44.1 Å². The lowest BCUT2D eigenvalue weighted by Crippen LogP contribution is -2.21. The average molecular weight is 430 g/mol. The largest absolute Gasteiger partial charge is 0.500 e. The second-order valence-corrected chi connectivity index (χ2v) is 7.33. The second kappa shape index (κ2) is 10.5. The van der Waals surface area contributed by atoms with Crippen molar-refractivity contribution in [1.29, 1.82) is 0 Å². The first-order chi connectivity index (χ1) is 16.2. The van der Waals surface area contributed by atoms with Crippen LogP contribution >= 0.6 is 22.7 Å². The summed E-state index contributed by atoms with van der Waals surface area (Å²) in [5, 5.41) is 3.35. The van der Waals surface area contributed by atoms with Gasteiger partial charge in [-0.15, -0.1) is 22.7 Å². The number of ether oxygens (including phenoxy) is 3. The molecule has 2 rings (SSSR count). The highest BCUT2D eigenvalue weighted by Gasteiger charge is 2.20. The summed E-state index contributed by atoms with van der Waals surface area (Å²) < 4.78 is 69.4. The standard InChI is InChI=1S/C20H26N2O4S2/c1-12(2)19-22-15(11-28-19)20-21-14(10-27-20)7-8-16(24-4)13(3)17(25-5)9-18(23)26-6/h7-13,16H,1-6H3/b8-7+,17-9+/t13-,16+/m1/s1/i1D3,2D3,12D. The lowest BCUT2D eigenvalue weighted by atomic mass is 10.0. The minimum atomic E-state index is -3.10. The third kappa shape index (κ3) is 5.73. The minimum absolute atomic E-state index is 0.291. The van der Waals surface area contributed by atoms with E-state index in [2.05, 4.69) is 14.7 Å². The van der Waals surface area contributed by atoms with Gasteiger partial charge in [-0.1, -0.05) is 26.7 Å². The Morgan fingerprint density at radius 2 is 2.00 bits per heavy atom. The molecule has 0 unspecified atom stereocenters. The van der Waals surface area contributed by atoms with Crippen LogP contribution in [0.4, 0.5) is 0 Å². The Hall–Kier alpha value is -2.03. The average Bonchev–Trinajstić information content (AvgIpc) is 3.45. The molecule has 152 valence electrons. The van der Waals surface area contributed by atoms with Crippen LogP contribution in [0.15, 0.2) is 28.7 Å². The minimum Gasteiger partial charge on any atom is -0.500 e.